The molecule has 0 spiro atoms. The molecule has 4 rings (SSSR count). The zero-order valence-electron chi connectivity index (χ0n) is 20.0. The highest BCUT2D eigenvalue weighted by Gasteiger charge is 2.19. The highest BCUT2D eigenvalue weighted by Crippen LogP contribution is 2.37. The summed E-state index contributed by atoms with van der Waals surface area (Å²) < 4.78 is 12.5. The number of amides is 1. The monoisotopic (exact) mass is 524 g/mol. The number of anilines is 1. The first-order chi connectivity index (χ1) is 17.5. The van der Waals surface area contributed by atoms with Crippen molar-refractivity contribution >= 4 is 51.4 Å². The molecular formula is C27H26Cl2N4O3. The van der Waals surface area contributed by atoms with Crippen molar-refractivity contribution in [2.45, 2.75) is 19.9 Å². The number of carbonyl (C=O) groups excluding carboxylic acids is 1. The van der Waals surface area contributed by atoms with Gasteiger partial charge in [0.2, 0.25) is 0 Å². The molecule has 1 aromatic heterocycles. The number of aromatic nitrogens is 2. The molecule has 7 nitrogen and oxygen atoms in total. The molecule has 0 bridgehead atoms. The Bertz CT molecular complexity index is 1370. The predicted molar refractivity (Wildman–Crippen MR) is 145 cm³/mol. The average Bonchev–Trinajstić information content (AvgIpc) is 3.30. The Morgan fingerprint density at radius 3 is 2.75 bits per heavy atom. The lowest BCUT2D eigenvalue weighted by Crippen LogP contribution is -2.15. The van der Waals surface area contributed by atoms with Gasteiger partial charge in [-0.15, -0.1) is 0 Å². The smallest absolute Gasteiger partial charge is 0.253 e. The molecule has 0 fully saturated rings. The third-order valence-electron chi connectivity index (χ3n) is 5.48. The maximum absolute atomic E-state index is 13.3. The molecule has 1 aliphatic rings. The van der Waals surface area contributed by atoms with E-state index in [-0.39, 0.29) is 5.91 Å². The number of nitrogens with zero attached hydrogens (tertiary/aromatic N) is 3. The second-order valence-corrected chi connectivity index (χ2v) is 8.95. The molecule has 9 heteroatoms. The van der Waals surface area contributed by atoms with E-state index in [4.69, 9.17) is 32.7 Å². The molecule has 0 saturated heterocycles. The molecule has 0 aliphatic carbocycles. The number of carbonyl (C=O) groups is 1. The Kier molecular flexibility index (Phi) is 8.59. The van der Waals surface area contributed by atoms with Crippen LogP contribution in [0.25, 0.3) is 10.9 Å². The molecule has 1 amide bonds. The highest BCUT2D eigenvalue weighted by atomic mass is 35.5. The van der Waals surface area contributed by atoms with Crippen LogP contribution in [0.5, 0.6) is 0 Å². The summed E-state index contributed by atoms with van der Waals surface area (Å²) in [6.45, 7) is 3.27. The van der Waals surface area contributed by atoms with Gasteiger partial charge in [0, 0.05) is 36.1 Å². The quantitative estimate of drug-likeness (QED) is 0.356. The van der Waals surface area contributed by atoms with Crippen molar-refractivity contribution < 1.29 is 14.3 Å². The van der Waals surface area contributed by atoms with Gasteiger partial charge in [0.05, 0.1) is 40.6 Å². The normalized spacial score (nSPS) is 19.1. The van der Waals surface area contributed by atoms with Gasteiger partial charge in [-0.05, 0) is 31.1 Å². The molecular weight excluding hydrogens is 499 g/mol. The molecule has 2 heterocycles. The number of rotatable bonds is 8. The molecule has 0 saturated carbocycles. The lowest BCUT2D eigenvalue weighted by molar-refractivity contribution is -0.112. The molecule has 1 N–H and O–H groups in total. The standard InChI is InChI=1S/C27H26Cl2N4O3/c1-18-13-21(36-12-11-35-2)10-6-9-20(15-30-18)27(34)32-25-22-16-31-33(17-19-7-4-3-5-8-19)26(22)24(29)14-23(25)28/h3-8,10,13-16H,9,11-12,17H2,1-2H3,(H,32,34)/b10-6-,20-15+,21-13+,30-18+. The van der Waals surface area contributed by atoms with Crippen molar-refractivity contribution in [1.29, 1.82) is 0 Å². The van der Waals surface area contributed by atoms with Gasteiger partial charge >= 0.3 is 0 Å². The first-order valence-electron chi connectivity index (χ1n) is 11.4. The SMILES string of the molecule is COCCOC1=C/C(C)=N/C=C(/C(=O)Nc2c(Cl)cc(Cl)c3c2cnn3Cc2ccccc2)C/C=C\1. The van der Waals surface area contributed by atoms with E-state index < -0.39 is 0 Å². The van der Waals surface area contributed by atoms with Crippen LogP contribution in [0.3, 0.4) is 0 Å². The van der Waals surface area contributed by atoms with Gasteiger partial charge in [-0.3, -0.25) is 14.5 Å². The highest BCUT2D eigenvalue weighted by molar-refractivity contribution is 6.41. The lowest BCUT2D eigenvalue weighted by atomic mass is 10.1. The van der Waals surface area contributed by atoms with E-state index in [0.717, 1.165) is 5.56 Å². The fourth-order valence-corrected chi connectivity index (χ4v) is 4.33. The second kappa shape index (κ2) is 12.0. The van der Waals surface area contributed by atoms with Crippen LogP contribution >= 0.6 is 23.2 Å². The van der Waals surface area contributed by atoms with E-state index in [2.05, 4.69) is 15.4 Å². The Labute approximate surface area is 219 Å². The van der Waals surface area contributed by atoms with E-state index in [1.54, 1.807) is 30.3 Å². The van der Waals surface area contributed by atoms with Gasteiger partial charge in [-0.1, -0.05) is 59.6 Å². The van der Waals surface area contributed by atoms with Crippen molar-refractivity contribution in [3.8, 4) is 0 Å². The zero-order chi connectivity index (χ0) is 25.5. The average molecular weight is 525 g/mol. The molecule has 0 radical (unpaired) electrons. The fourth-order valence-electron chi connectivity index (χ4n) is 3.71. The number of benzene rings is 2. The van der Waals surface area contributed by atoms with Crippen LogP contribution in [0.1, 0.15) is 18.9 Å². The Morgan fingerprint density at radius 2 is 1.97 bits per heavy atom. The van der Waals surface area contributed by atoms with Crippen molar-refractivity contribution in [1.82, 2.24) is 9.78 Å². The van der Waals surface area contributed by atoms with Crippen molar-refractivity contribution in [3.05, 3.63) is 94.0 Å². The van der Waals surface area contributed by atoms with Crippen LogP contribution in [-0.4, -0.2) is 41.7 Å². The van der Waals surface area contributed by atoms with Crippen LogP contribution in [0, 0.1) is 0 Å². The van der Waals surface area contributed by atoms with Gasteiger partial charge in [0.1, 0.15) is 12.4 Å². The third-order valence-corrected chi connectivity index (χ3v) is 6.07. The van der Waals surface area contributed by atoms with E-state index in [9.17, 15) is 4.79 Å². The Balaban J connectivity index is 1.57. The molecule has 3 aromatic rings. The van der Waals surface area contributed by atoms with Crippen molar-refractivity contribution in [2.24, 2.45) is 4.99 Å². The summed E-state index contributed by atoms with van der Waals surface area (Å²) >= 11 is 13.1. The summed E-state index contributed by atoms with van der Waals surface area (Å²) in [5, 5.41) is 8.89. The number of halogens is 2. The van der Waals surface area contributed by atoms with Gasteiger partial charge in [-0.2, -0.15) is 5.10 Å². The molecule has 186 valence electrons. The van der Waals surface area contributed by atoms with E-state index in [1.807, 2.05) is 55.5 Å². The van der Waals surface area contributed by atoms with Gasteiger partial charge in [0.15, 0.2) is 0 Å². The molecule has 36 heavy (non-hydrogen) atoms. The summed E-state index contributed by atoms with van der Waals surface area (Å²) in [4.78, 5) is 17.7. The van der Waals surface area contributed by atoms with Gasteiger partial charge in [-0.25, -0.2) is 0 Å². The van der Waals surface area contributed by atoms with Crippen LogP contribution in [-0.2, 0) is 20.8 Å². The number of aliphatic imine (C=N–C) groups is 1. The summed E-state index contributed by atoms with van der Waals surface area (Å²) in [5.41, 5.74) is 3.39. The number of ether oxygens (including phenoxy) is 2. The van der Waals surface area contributed by atoms with E-state index in [0.29, 0.717) is 69.9 Å². The number of methoxy groups -OCH3 is 1. The van der Waals surface area contributed by atoms with Crippen LogP contribution < -0.4 is 5.32 Å². The maximum Gasteiger partial charge on any atom is 0.253 e. The zero-order valence-corrected chi connectivity index (χ0v) is 21.5. The van der Waals surface area contributed by atoms with Gasteiger partial charge in [0.25, 0.3) is 5.91 Å². The molecule has 1 aliphatic heterocycles. The number of allylic oxidation sites excluding steroid dienone is 3. The predicted octanol–water partition coefficient (Wildman–Crippen LogP) is 6.18. The Morgan fingerprint density at radius 1 is 1.17 bits per heavy atom. The number of fused-ring (bicyclic) bond motifs is 1. The number of nitrogens with one attached hydrogen (secondary N) is 1. The van der Waals surface area contributed by atoms with Crippen LogP contribution in [0.4, 0.5) is 5.69 Å². The van der Waals surface area contributed by atoms with Crippen molar-refractivity contribution in [3.63, 3.8) is 0 Å². The minimum atomic E-state index is -0.318. The van der Waals surface area contributed by atoms with Crippen LogP contribution in [0.2, 0.25) is 10.0 Å². The first kappa shape index (κ1) is 25.7. The minimum absolute atomic E-state index is 0.318. The topological polar surface area (TPSA) is 77.7 Å². The summed E-state index contributed by atoms with van der Waals surface area (Å²) in [6, 6.07) is 11.6. The van der Waals surface area contributed by atoms with Gasteiger partial charge < -0.3 is 14.8 Å². The molecule has 0 unspecified atom stereocenters. The van der Waals surface area contributed by atoms with E-state index in [1.165, 1.54) is 0 Å². The second-order valence-electron chi connectivity index (χ2n) is 8.14. The fraction of sp³-hybridized carbons (Fsp3) is 0.222. The Hall–Kier alpha value is -3.39. The summed E-state index contributed by atoms with van der Waals surface area (Å²) in [7, 11) is 1.62. The van der Waals surface area contributed by atoms with E-state index >= 15 is 0 Å². The number of hydrogen-bond donors (Lipinski definition) is 1. The largest absolute Gasteiger partial charge is 0.491 e. The van der Waals surface area contributed by atoms with Crippen molar-refractivity contribution in [2.75, 3.05) is 25.6 Å². The maximum atomic E-state index is 13.3. The number of hydrogen-bond acceptors (Lipinski definition) is 5. The van der Waals surface area contributed by atoms with Crippen LogP contribution in [0.15, 0.2) is 83.3 Å². The third kappa shape index (κ3) is 6.23. The summed E-state index contributed by atoms with van der Waals surface area (Å²) in [6.07, 6.45) is 9.07. The summed E-state index contributed by atoms with van der Waals surface area (Å²) in [5.74, 6) is 0.331. The molecule has 0 atom stereocenters. The minimum Gasteiger partial charge on any atom is -0.491 e. The lowest BCUT2D eigenvalue weighted by Gasteiger charge is -2.12. The first-order valence-corrected chi connectivity index (χ1v) is 12.1. The molecule has 2 aromatic carbocycles.